The molecule has 0 spiro atoms. The Labute approximate surface area is 91.3 Å². The van der Waals surface area contributed by atoms with E-state index >= 15 is 0 Å². The summed E-state index contributed by atoms with van der Waals surface area (Å²) in [7, 11) is 0. The fraction of sp³-hybridized carbons (Fsp3) is 0.818. The summed E-state index contributed by atoms with van der Waals surface area (Å²) in [4.78, 5) is 23.6. The number of amides is 1. The van der Waals surface area contributed by atoms with Crippen LogP contribution in [0.15, 0.2) is 0 Å². The monoisotopic (exact) mass is 215 g/mol. The van der Waals surface area contributed by atoms with E-state index in [-0.39, 0.29) is 18.7 Å². The van der Waals surface area contributed by atoms with E-state index in [4.69, 9.17) is 5.11 Å². The van der Waals surface area contributed by atoms with Crippen LogP contribution in [0.3, 0.4) is 0 Å². The van der Waals surface area contributed by atoms with Crippen molar-refractivity contribution < 1.29 is 14.7 Å². The number of carbonyl (C=O) groups is 2. The van der Waals surface area contributed by atoms with Crippen molar-refractivity contribution in [1.29, 1.82) is 0 Å². The normalized spacial score (nSPS) is 12.2. The predicted molar refractivity (Wildman–Crippen MR) is 58.6 cm³/mol. The smallest absolute Gasteiger partial charge is 0.303 e. The van der Waals surface area contributed by atoms with Crippen molar-refractivity contribution in [1.82, 2.24) is 4.90 Å². The largest absolute Gasteiger partial charge is 0.481 e. The molecule has 0 aliphatic heterocycles. The van der Waals surface area contributed by atoms with E-state index in [0.29, 0.717) is 12.5 Å². The van der Waals surface area contributed by atoms with Crippen LogP contribution in [0.25, 0.3) is 0 Å². The van der Waals surface area contributed by atoms with Gasteiger partial charge in [0.1, 0.15) is 0 Å². The number of rotatable bonds is 7. The highest BCUT2D eigenvalue weighted by atomic mass is 16.4. The van der Waals surface area contributed by atoms with Gasteiger partial charge in [-0.25, -0.2) is 0 Å². The average Bonchev–Trinajstić information content (AvgIpc) is 2.21. The number of carboxylic acid groups (broad SMARTS) is 1. The molecular weight excluding hydrogens is 194 g/mol. The molecule has 0 aromatic carbocycles. The second-order valence-electron chi connectivity index (χ2n) is 3.84. The zero-order chi connectivity index (χ0) is 11.8. The van der Waals surface area contributed by atoms with Gasteiger partial charge < -0.3 is 10.0 Å². The van der Waals surface area contributed by atoms with Crippen LogP contribution in [-0.2, 0) is 9.59 Å². The third kappa shape index (κ3) is 6.10. The molecule has 0 saturated heterocycles. The quantitative estimate of drug-likeness (QED) is 0.703. The molecule has 15 heavy (non-hydrogen) atoms. The highest BCUT2D eigenvalue weighted by Crippen LogP contribution is 2.06. The molecule has 1 atom stereocenters. The topological polar surface area (TPSA) is 57.6 Å². The number of carboxylic acids is 1. The summed E-state index contributed by atoms with van der Waals surface area (Å²) in [6.07, 6.45) is 1.07. The first-order valence-corrected chi connectivity index (χ1v) is 5.50. The molecule has 1 unspecified atom stereocenters. The Bertz CT molecular complexity index is 216. The lowest BCUT2D eigenvalue weighted by Crippen LogP contribution is -2.34. The van der Waals surface area contributed by atoms with Gasteiger partial charge in [0.25, 0.3) is 0 Å². The van der Waals surface area contributed by atoms with Gasteiger partial charge in [0.05, 0.1) is 6.42 Å². The summed E-state index contributed by atoms with van der Waals surface area (Å²) < 4.78 is 0. The summed E-state index contributed by atoms with van der Waals surface area (Å²) in [5.41, 5.74) is 0. The van der Waals surface area contributed by atoms with Gasteiger partial charge in [-0.3, -0.25) is 9.59 Å². The molecule has 0 rings (SSSR count). The molecule has 0 aromatic heterocycles. The SMILES string of the molecule is CCC(C)CN(CC)C(=O)CCC(=O)O. The predicted octanol–water partition coefficient (Wildman–Crippen LogP) is 1.75. The first-order valence-electron chi connectivity index (χ1n) is 5.50. The van der Waals surface area contributed by atoms with Gasteiger partial charge in [0.15, 0.2) is 0 Å². The summed E-state index contributed by atoms with van der Waals surface area (Å²) in [5.74, 6) is -0.498. The van der Waals surface area contributed by atoms with Crippen LogP contribution in [0.4, 0.5) is 0 Å². The molecule has 0 aliphatic carbocycles. The zero-order valence-corrected chi connectivity index (χ0v) is 9.82. The Balaban J connectivity index is 4.04. The van der Waals surface area contributed by atoms with Gasteiger partial charge in [-0.1, -0.05) is 20.3 Å². The van der Waals surface area contributed by atoms with Crippen LogP contribution in [0.5, 0.6) is 0 Å². The molecular formula is C11H21NO3. The molecule has 4 heteroatoms. The maximum Gasteiger partial charge on any atom is 0.303 e. The van der Waals surface area contributed by atoms with E-state index in [2.05, 4.69) is 13.8 Å². The lowest BCUT2D eigenvalue weighted by atomic mass is 10.1. The van der Waals surface area contributed by atoms with E-state index in [1.54, 1.807) is 4.90 Å². The minimum absolute atomic E-state index is 0.0554. The van der Waals surface area contributed by atoms with Crippen LogP contribution in [-0.4, -0.2) is 35.0 Å². The molecule has 88 valence electrons. The van der Waals surface area contributed by atoms with Crippen molar-refractivity contribution in [3.8, 4) is 0 Å². The van der Waals surface area contributed by atoms with E-state index in [1.807, 2.05) is 6.92 Å². The Morgan fingerprint density at radius 2 is 1.87 bits per heavy atom. The van der Waals surface area contributed by atoms with E-state index in [1.165, 1.54) is 0 Å². The van der Waals surface area contributed by atoms with Crippen molar-refractivity contribution in [2.75, 3.05) is 13.1 Å². The zero-order valence-electron chi connectivity index (χ0n) is 9.82. The maximum atomic E-state index is 11.6. The van der Waals surface area contributed by atoms with Crippen LogP contribution in [0, 0.1) is 5.92 Å². The number of aliphatic carboxylic acids is 1. The molecule has 0 fully saturated rings. The first kappa shape index (κ1) is 13.9. The van der Waals surface area contributed by atoms with Gasteiger partial charge in [0.2, 0.25) is 5.91 Å². The van der Waals surface area contributed by atoms with Crippen LogP contribution in [0.1, 0.15) is 40.0 Å². The highest BCUT2D eigenvalue weighted by molar-refractivity contribution is 5.80. The molecule has 0 radical (unpaired) electrons. The van der Waals surface area contributed by atoms with E-state index in [0.717, 1.165) is 13.0 Å². The van der Waals surface area contributed by atoms with E-state index in [9.17, 15) is 9.59 Å². The first-order chi connectivity index (χ1) is 7.01. The van der Waals surface area contributed by atoms with Crippen molar-refractivity contribution in [2.45, 2.75) is 40.0 Å². The molecule has 0 aliphatic rings. The van der Waals surface area contributed by atoms with Gasteiger partial charge in [-0.2, -0.15) is 0 Å². The Kier molecular flexibility index (Phi) is 6.75. The Morgan fingerprint density at radius 3 is 2.27 bits per heavy atom. The van der Waals surface area contributed by atoms with Gasteiger partial charge in [-0.15, -0.1) is 0 Å². The number of hydrogen-bond donors (Lipinski definition) is 1. The van der Waals surface area contributed by atoms with Crippen molar-refractivity contribution in [2.24, 2.45) is 5.92 Å². The van der Waals surface area contributed by atoms with Crippen molar-refractivity contribution >= 4 is 11.9 Å². The van der Waals surface area contributed by atoms with Crippen molar-refractivity contribution in [3.05, 3.63) is 0 Å². The minimum atomic E-state index is -0.914. The van der Waals surface area contributed by atoms with E-state index < -0.39 is 5.97 Å². The van der Waals surface area contributed by atoms with Crippen LogP contribution >= 0.6 is 0 Å². The number of nitrogens with zero attached hydrogens (tertiary/aromatic N) is 1. The second-order valence-corrected chi connectivity index (χ2v) is 3.84. The lowest BCUT2D eigenvalue weighted by molar-refractivity contribution is -0.141. The number of carbonyl (C=O) groups excluding carboxylic acids is 1. The fourth-order valence-electron chi connectivity index (χ4n) is 1.28. The van der Waals surface area contributed by atoms with Gasteiger partial charge >= 0.3 is 5.97 Å². The third-order valence-electron chi connectivity index (χ3n) is 2.52. The Morgan fingerprint density at radius 1 is 1.27 bits per heavy atom. The molecule has 0 heterocycles. The average molecular weight is 215 g/mol. The molecule has 1 amide bonds. The summed E-state index contributed by atoms with van der Waals surface area (Å²) in [6.45, 7) is 7.47. The third-order valence-corrected chi connectivity index (χ3v) is 2.52. The molecule has 0 bridgehead atoms. The van der Waals surface area contributed by atoms with Crippen molar-refractivity contribution in [3.63, 3.8) is 0 Å². The second kappa shape index (κ2) is 7.26. The summed E-state index contributed by atoms with van der Waals surface area (Å²) in [5, 5.41) is 8.47. The highest BCUT2D eigenvalue weighted by Gasteiger charge is 2.14. The van der Waals surface area contributed by atoms with Crippen LogP contribution in [0.2, 0.25) is 0 Å². The molecule has 1 N–H and O–H groups in total. The summed E-state index contributed by atoms with van der Waals surface area (Å²) in [6, 6.07) is 0. The van der Waals surface area contributed by atoms with Gasteiger partial charge in [0, 0.05) is 19.5 Å². The molecule has 0 saturated carbocycles. The minimum Gasteiger partial charge on any atom is -0.481 e. The molecule has 4 nitrogen and oxygen atoms in total. The standard InChI is InChI=1S/C11H21NO3/c1-4-9(3)8-12(5-2)10(13)6-7-11(14)15/h9H,4-8H2,1-3H3,(H,14,15). The van der Waals surface area contributed by atoms with Gasteiger partial charge in [-0.05, 0) is 12.8 Å². The number of hydrogen-bond acceptors (Lipinski definition) is 2. The van der Waals surface area contributed by atoms with Crippen LogP contribution < -0.4 is 0 Å². The molecule has 0 aromatic rings. The maximum absolute atomic E-state index is 11.6. The Hall–Kier alpha value is -1.06. The summed E-state index contributed by atoms with van der Waals surface area (Å²) >= 11 is 0. The fourth-order valence-corrected chi connectivity index (χ4v) is 1.28. The lowest BCUT2D eigenvalue weighted by Gasteiger charge is -2.23.